The second-order valence-corrected chi connectivity index (χ2v) is 5.40. The van der Waals surface area contributed by atoms with Gasteiger partial charge in [0.1, 0.15) is 6.04 Å². The van der Waals surface area contributed by atoms with Crippen molar-refractivity contribution in [3.8, 4) is 0 Å². The molecule has 4 N–H and O–H groups in total. The van der Waals surface area contributed by atoms with E-state index in [1.54, 1.807) is 11.8 Å². The molecule has 0 aromatic carbocycles. The van der Waals surface area contributed by atoms with Gasteiger partial charge in [-0.1, -0.05) is 13.8 Å². The van der Waals surface area contributed by atoms with E-state index in [0.717, 1.165) is 0 Å². The molecule has 0 aromatic heterocycles. The molecule has 1 amide bonds. The van der Waals surface area contributed by atoms with E-state index < -0.39 is 18.1 Å². The zero-order chi connectivity index (χ0) is 13.4. The van der Waals surface area contributed by atoms with E-state index in [1.165, 1.54) is 0 Å². The number of hydrogen-bond donors (Lipinski definition) is 3. The summed E-state index contributed by atoms with van der Waals surface area (Å²) in [7, 11) is 0. The Labute approximate surface area is 107 Å². The number of nitrogens with one attached hydrogen (secondary N) is 1. The van der Waals surface area contributed by atoms with Crippen LogP contribution in [0.1, 0.15) is 26.7 Å². The van der Waals surface area contributed by atoms with Crippen molar-refractivity contribution >= 4 is 23.6 Å². The number of rotatable bonds is 8. The monoisotopic (exact) mass is 262 g/mol. The molecule has 0 bridgehead atoms. The molecule has 5 nitrogen and oxygen atoms in total. The Hall–Kier alpha value is -0.750. The second kappa shape index (κ2) is 8.36. The Kier molecular flexibility index (Phi) is 7.99. The lowest BCUT2D eigenvalue weighted by Gasteiger charge is -2.18. The summed E-state index contributed by atoms with van der Waals surface area (Å²) in [5.41, 5.74) is 5.69. The van der Waals surface area contributed by atoms with Crippen molar-refractivity contribution in [2.45, 2.75) is 38.8 Å². The lowest BCUT2D eigenvalue weighted by molar-refractivity contribution is -0.142. The van der Waals surface area contributed by atoms with Crippen LogP contribution in [0, 0.1) is 5.92 Å². The molecule has 0 rings (SSSR count). The molecule has 0 heterocycles. The molecule has 0 radical (unpaired) electrons. The van der Waals surface area contributed by atoms with E-state index in [1.807, 2.05) is 20.1 Å². The van der Waals surface area contributed by atoms with Crippen LogP contribution in [0.25, 0.3) is 0 Å². The van der Waals surface area contributed by atoms with Gasteiger partial charge in [0.15, 0.2) is 0 Å². The number of carboxylic acid groups (broad SMARTS) is 1. The van der Waals surface area contributed by atoms with E-state index >= 15 is 0 Å². The molecular weight excluding hydrogens is 240 g/mol. The lowest BCUT2D eigenvalue weighted by Crippen LogP contribution is -2.49. The third kappa shape index (κ3) is 7.23. The maximum Gasteiger partial charge on any atom is 0.326 e. The van der Waals surface area contributed by atoms with Gasteiger partial charge in [-0.3, -0.25) is 4.79 Å². The summed E-state index contributed by atoms with van der Waals surface area (Å²) in [6.45, 7) is 3.94. The number of aliphatic carboxylic acids is 1. The Morgan fingerprint density at radius 2 is 2.00 bits per heavy atom. The maximum absolute atomic E-state index is 11.7. The van der Waals surface area contributed by atoms with Crippen molar-refractivity contribution < 1.29 is 14.7 Å². The molecule has 0 unspecified atom stereocenters. The minimum Gasteiger partial charge on any atom is -0.480 e. The van der Waals surface area contributed by atoms with E-state index in [2.05, 4.69) is 5.32 Å². The smallest absolute Gasteiger partial charge is 0.326 e. The van der Waals surface area contributed by atoms with Gasteiger partial charge in [0.05, 0.1) is 6.04 Å². The van der Waals surface area contributed by atoms with Gasteiger partial charge in [0, 0.05) is 0 Å². The predicted octanol–water partition coefficient (Wildman–Crippen LogP) is 0.682. The van der Waals surface area contributed by atoms with Gasteiger partial charge < -0.3 is 16.2 Å². The quantitative estimate of drug-likeness (QED) is 0.598. The highest BCUT2D eigenvalue weighted by Gasteiger charge is 2.23. The molecule has 0 aliphatic rings. The summed E-state index contributed by atoms with van der Waals surface area (Å²) in [4.78, 5) is 22.6. The van der Waals surface area contributed by atoms with Crippen molar-refractivity contribution in [2.24, 2.45) is 11.7 Å². The molecule has 2 atom stereocenters. The first-order valence-corrected chi connectivity index (χ1v) is 7.05. The van der Waals surface area contributed by atoms with Crippen LogP contribution in [0.2, 0.25) is 0 Å². The molecule has 0 spiro atoms. The van der Waals surface area contributed by atoms with Crippen LogP contribution in [0.15, 0.2) is 0 Å². The molecule has 0 aliphatic heterocycles. The largest absolute Gasteiger partial charge is 0.480 e. The Bertz CT molecular complexity index is 259. The SMILES string of the molecule is CSCC[C@@H](NC(=O)[C@H](N)CC(C)C)C(=O)O. The highest BCUT2D eigenvalue weighted by atomic mass is 32.2. The minimum absolute atomic E-state index is 0.310. The first-order valence-electron chi connectivity index (χ1n) is 5.66. The van der Waals surface area contributed by atoms with Crippen LogP contribution in [-0.4, -0.2) is 41.1 Å². The number of carbonyl (C=O) groups is 2. The number of thioether (sulfide) groups is 1. The van der Waals surface area contributed by atoms with E-state index in [-0.39, 0.29) is 5.91 Å². The number of carbonyl (C=O) groups excluding carboxylic acids is 1. The number of hydrogen-bond acceptors (Lipinski definition) is 4. The normalized spacial score (nSPS) is 14.4. The van der Waals surface area contributed by atoms with Crippen LogP contribution in [-0.2, 0) is 9.59 Å². The molecule has 0 fully saturated rings. The fourth-order valence-corrected chi connectivity index (χ4v) is 1.86. The van der Waals surface area contributed by atoms with Gasteiger partial charge in [-0.25, -0.2) is 4.79 Å². The first kappa shape index (κ1) is 16.2. The summed E-state index contributed by atoms with van der Waals surface area (Å²) in [6.07, 6.45) is 2.86. The van der Waals surface area contributed by atoms with Crippen LogP contribution in [0.3, 0.4) is 0 Å². The summed E-state index contributed by atoms with van der Waals surface area (Å²) in [5, 5.41) is 11.4. The summed E-state index contributed by atoms with van der Waals surface area (Å²) >= 11 is 1.55. The van der Waals surface area contributed by atoms with Crippen molar-refractivity contribution in [1.29, 1.82) is 0 Å². The molecular formula is C11H22N2O3S. The van der Waals surface area contributed by atoms with E-state index in [9.17, 15) is 9.59 Å². The third-order valence-corrected chi connectivity index (χ3v) is 2.93. The van der Waals surface area contributed by atoms with Crippen LogP contribution in [0.4, 0.5) is 0 Å². The standard InChI is InChI=1S/C11H22N2O3S/c1-7(2)6-8(12)10(14)13-9(11(15)16)4-5-17-3/h7-9H,4-6,12H2,1-3H3,(H,13,14)(H,15,16)/t8-,9-/m1/s1. The maximum atomic E-state index is 11.7. The highest BCUT2D eigenvalue weighted by Crippen LogP contribution is 2.05. The van der Waals surface area contributed by atoms with Crippen LogP contribution >= 0.6 is 11.8 Å². The van der Waals surface area contributed by atoms with Crippen LogP contribution in [0.5, 0.6) is 0 Å². The average Bonchev–Trinajstić information content (AvgIpc) is 2.22. The first-order chi connectivity index (χ1) is 7.88. The highest BCUT2D eigenvalue weighted by molar-refractivity contribution is 7.98. The number of amides is 1. The number of nitrogens with two attached hydrogens (primary N) is 1. The Morgan fingerprint density at radius 1 is 1.41 bits per heavy atom. The van der Waals surface area contributed by atoms with Crippen LogP contribution < -0.4 is 11.1 Å². The average molecular weight is 262 g/mol. The zero-order valence-corrected chi connectivity index (χ0v) is 11.4. The summed E-state index contributed by atoms with van der Waals surface area (Å²) in [6, 6.07) is -1.47. The zero-order valence-electron chi connectivity index (χ0n) is 10.6. The fraction of sp³-hybridized carbons (Fsp3) is 0.818. The molecule has 0 aliphatic carbocycles. The molecule has 6 heteroatoms. The molecule has 0 saturated carbocycles. The Balaban J connectivity index is 4.24. The van der Waals surface area contributed by atoms with Gasteiger partial charge in [-0.05, 0) is 30.8 Å². The van der Waals surface area contributed by atoms with Crippen molar-refractivity contribution in [2.75, 3.05) is 12.0 Å². The van der Waals surface area contributed by atoms with Crippen molar-refractivity contribution in [3.05, 3.63) is 0 Å². The number of carboxylic acids is 1. The van der Waals surface area contributed by atoms with E-state index in [0.29, 0.717) is 24.5 Å². The predicted molar refractivity (Wildman–Crippen MR) is 70.0 cm³/mol. The van der Waals surface area contributed by atoms with Gasteiger partial charge in [0.25, 0.3) is 0 Å². The molecule has 100 valence electrons. The minimum atomic E-state index is -1.01. The third-order valence-electron chi connectivity index (χ3n) is 2.29. The molecule has 0 saturated heterocycles. The van der Waals surface area contributed by atoms with Gasteiger partial charge in [-0.15, -0.1) is 0 Å². The van der Waals surface area contributed by atoms with Gasteiger partial charge in [0.2, 0.25) is 5.91 Å². The van der Waals surface area contributed by atoms with Crippen molar-refractivity contribution in [1.82, 2.24) is 5.32 Å². The second-order valence-electron chi connectivity index (χ2n) is 4.42. The van der Waals surface area contributed by atoms with E-state index in [4.69, 9.17) is 10.8 Å². The molecule has 0 aromatic rings. The van der Waals surface area contributed by atoms with Gasteiger partial charge >= 0.3 is 5.97 Å². The van der Waals surface area contributed by atoms with Crippen molar-refractivity contribution in [3.63, 3.8) is 0 Å². The van der Waals surface area contributed by atoms with Gasteiger partial charge in [-0.2, -0.15) is 11.8 Å². The lowest BCUT2D eigenvalue weighted by atomic mass is 10.0. The Morgan fingerprint density at radius 3 is 2.41 bits per heavy atom. The fourth-order valence-electron chi connectivity index (χ4n) is 1.39. The summed E-state index contributed by atoms with van der Waals surface area (Å²) in [5.74, 6) is -0.391. The summed E-state index contributed by atoms with van der Waals surface area (Å²) < 4.78 is 0. The molecule has 17 heavy (non-hydrogen) atoms. The topological polar surface area (TPSA) is 92.4 Å².